The minimum Gasteiger partial charge on any atom is -0.467 e. The SMILES string of the molecule is Cc1ccc(C(=O)N(Cc2ccccc2)C[C@H](O)c2ccco2)o1. The lowest BCUT2D eigenvalue weighted by atomic mass is 10.2. The second-order valence-electron chi connectivity index (χ2n) is 5.61. The van der Waals surface area contributed by atoms with Crippen LogP contribution in [-0.2, 0) is 6.54 Å². The zero-order chi connectivity index (χ0) is 16.9. The van der Waals surface area contributed by atoms with Crippen LogP contribution in [0.15, 0.2) is 69.7 Å². The molecule has 1 N–H and O–H groups in total. The Morgan fingerprint density at radius 3 is 2.54 bits per heavy atom. The van der Waals surface area contributed by atoms with Crippen molar-refractivity contribution in [2.45, 2.75) is 19.6 Å². The van der Waals surface area contributed by atoms with Crippen LogP contribution >= 0.6 is 0 Å². The molecule has 24 heavy (non-hydrogen) atoms. The number of hydrogen-bond donors (Lipinski definition) is 1. The Kier molecular flexibility index (Phi) is 4.82. The van der Waals surface area contributed by atoms with E-state index < -0.39 is 6.10 Å². The first-order chi connectivity index (χ1) is 11.6. The van der Waals surface area contributed by atoms with Gasteiger partial charge in [-0.3, -0.25) is 4.79 Å². The van der Waals surface area contributed by atoms with E-state index in [1.54, 1.807) is 36.1 Å². The number of carbonyl (C=O) groups is 1. The van der Waals surface area contributed by atoms with Crippen molar-refractivity contribution in [3.63, 3.8) is 0 Å². The maximum Gasteiger partial charge on any atom is 0.289 e. The quantitative estimate of drug-likeness (QED) is 0.752. The van der Waals surface area contributed by atoms with Gasteiger partial charge in [-0.2, -0.15) is 0 Å². The van der Waals surface area contributed by atoms with Crippen LogP contribution in [0.25, 0.3) is 0 Å². The van der Waals surface area contributed by atoms with Crippen LogP contribution in [0.3, 0.4) is 0 Å². The Hall–Kier alpha value is -2.79. The van der Waals surface area contributed by atoms with Crippen LogP contribution in [0.1, 0.15) is 33.7 Å². The Balaban J connectivity index is 1.81. The predicted molar refractivity (Wildman–Crippen MR) is 88.3 cm³/mol. The summed E-state index contributed by atoms with van der Waals surface area (Å²) in [6.07, 6.45) is 0.598. The van der Waals surface area contributed by atoms with Gasteiger partial charge in [-0.15, -0.1) is 0 Å². The van der Waals surface area contributed by atoms with Crippen molar-refractivity contribution in [3.8, 4) is 0 Å². The summed E-state index contributed by atoms with van der Waals surface area (Å²) in [7, 11) is 0. The molecular formula is C19H19NO4. The van der Waals surface area contributed by atoms with Gasteiger partial charge in [0.1, 0.15) is 17.6 Å². The van der Waals surface area contributed by atoms with Gasteiger partial charge in [-0.25, -0.2) is 0 Å². The first-order valence-corrected chi connectivity index (χ1v) is 7.74. The monoisotopic (exact) mass is 325 g/mol. The Morgan fingerprint density at radius 2 is 1.92 bits per heavy atom. The summed E-state index contributed by atoms with van der Waals surface area (Å²) in [4.78, 5) is 14.3. The Labute approximate surface area is 140 Å². The molecule has 0 bridgehead atoms. The van der Waals surface area contributed by atoms with Crippen LogP contribution in [0.4, 0.5) is 0 Å². The lowest BCUT2D eigenvalue weighted by Crippen LogP contribution is -2.34. The van der Waals surface area contributed by atoms with E-state index in [-0.39, 0.29) is 18.2 Å². The second-order valence-corrected chi connectivity index (χ2v) is 5.61. The molecule has 0 aliphatic carbocycles. The molecule has 0 unspecified atom stereocenters. The van der Waals surface area contributed by atoms with E-state index >= 15 is 0 Å². The highest BCUT2D eigenvalue weighted by Gasteiger charge is 2.23. The number of benzene rings is 1. The van der Waals surface area contributed by atoms with E-state index in [0.29, 0.717) is 18.1 Å². The average Bonchev–Trinajstić information content (AvgIpc) is 3.26. The van der Waals surface area contributed by atoms with Gasteiger partial charge in [0.15, 0.2) is 5.76 Å². The number of amides is 1. The van der Waals surface area contributed by atoms with Gasteiger partial charge < -0.3 is 18.8 Å². The Bertz CT molecular complexity index is 777. The summed E-state index contributed by atoms with van der Waals surface area (Å²) in [5.41, 5.74) is 0.973. The molecular weight excluding hydrogens is 306 g/mol. The smallest absolute Gasteiger partial charge is 0.289 e. The molecule has 1 aromatic carbocycles. The van der Waals surface area contributed by atoms with Crippen LogP contribution in [0.5, 0.6) is 0 Å². The van der Waals surface area contributed by atoms with Crippen molar-refractivity contribution in [1.29, 1.82) is 0 Å². The first-order valence-electron chi connectivity index (χ1n) is 7.74. The second kappa shape index (κ2) is 7.19. The van der Waals surface area contributed by atoms with E-state index in [9.17, 15) is 9.90 Å². The molecule has 0 saturated heterocycles. The molecule has 0 radical (unpaired) electrons. The third kappa shape index (κ3) is 3.75. The number of aliphatic hydroxyl groups excluding tert-OH is 1. The maximum atomic E-state index is 12.8. The van der Waals surface area contributed by atoms with Gasteiger partial charge in [-0.05, 0) is 36.8 Å². The van der Waals surface area contributed by atoms with Gasteiger partial charge >= 0.3 is 0 Å². The molecule has 3 aromatic rings. The highest BCUT2D eigenvalue weighted by atomic mass is 16.4. The maximum absolute atomic E-state index is 12.8. The largest absolute Gasteiger partial charge is 0.467 e. The molecule has 0 saturated carbocycles. The highest BCUT2D eigenvalue weighted by molar-refractivity contribution is 5.91. The Morgan fingerprint density at radius 1 is 1.12 bits per heavy atom. The van der Waals surface area contributed by atoms with E-state index in [0.717, 1.165) is 5.56 Å². The van der Waals surface area contributed by atoms with Crippen molar-refractivity contribution in [2.75, 3.05) is 6.54 Å². The highest BCUT2D eigenvalue weighted by Crippen LogP contribution is 2.19. The number of aliphatic hydroxyl groups is 1. The van der Waals surface area contributed by atoms with Crippen molar-refractivity contribution >= 4 is 5.91 Å². The third-order valence-corrected chi connectivity index (χ3v) is 3.72. The van der Waals surface area contributed by atoms with Crippen LogP contribution in [0, 0.1) is 6.92 Å². The molecule has 0 aliphatic rings. The summed E-state index contributed by atoms with van der Waals surface area (Å²) < 4.78 is 10.7. The number of aryl methyl sites for hydroxylation is 1. The van der Waals surface area contributed by atoms with E-state index in [4.69, 9.17) is 8.83 Å². The van der Waals surface area contributed by atoms with E-state index in [2.05, 4.69) is 0 Å². The van der Waals surface area contributed by atoms with Crippen molar-refractivity contribution in [2.24, 2.45) is 0 Å². The van der Waals surface area contributed by atoms with E-state index in [1.165, 1.54) is 6.26 Å². The lowest BCUT2D eigenvalue weighted by Gasteiger charge is -2.24. The fraction of sp³-hybridized carbons (Fsp3) is 0.211. The molecule has 124 valence electrons. The van der Waals surface area contributed by atoms with Crippen LogP contribution < -0.4 is 0 Å². The predicted octanol–water partition coefficient (Wildman–Crippen LogP) is 3.56. The van der Waals surface area contributed by atoms with Crippen LogP contribution in [0.2, 0.25) is 0 Å². The summed E-state index contributed by atoms with van der Waals surface area (Å²) in [5.74, 6) is 1.09. The number of furan rings is 2. The molecule has 3 rings (SSSR count). The van der Waals surface area contributed by atoms with Crippen molar-refractivity contribution in [1.82, 2.24) is 4.90 Å². The molecule has 0 fully saturated rings. The van der Waals surface area contributed by atoms with E-state index in [1.807, 2.05) is 30.3 Å². The minimum absolute atomic E-state index is 0.112. The zero-order valence-electron chi connectivity index (χ0n) is 13.4. The summed E-state index contributed by atoms with van der Waals surface area (Å²) >= 11 is 0. The van der Waals surface area contributed by atoms with Crippen molar-refractivity contribution < 1.29 is 18.7 Å². The summed E-state index contributed by atoms with van der Waals surface area (Å²) in [6, 6.07) is 16.4. The minimum atomic E-state index is -0.899. The summed E-state index contributed by atoms with van der Waals surface area (Å²) in [6.45, 7) is 2.27. The fourth-order valence-corrected chi connectivity index (χ4v) is 2.51. The average molecular weight is 325 g/mol. The molecule has 1 amide bonds. The molecule has 1 atom stereocenters. The van der Waals surface area contributed by atoms with Gasteiger partial charge in [-0.1, -0.05) is 30.3 Å². The molecule has 5 nitrogen and oxygen atoms in total. The molecule has 5 heteroatoms. The molecule has 0 aliphatic heterocycles. The first kappa shape index (κ1) is 16.1. The summed E-state index contributed by atoms with van der Waals surface area (Å²) in [5, 5.41) is 10.3. The zero-order valence-corrected chi connectivity index (χ0v) is 13.4. The van der Waals surface area contributed by atoms with Gasteiger partial charge in [0.05, 0.1) is 12.8 Å². The van der Waals surface area contributed by atoms with Gasteiger partial charge in [0.2, 0.25) is 0 Å². The van der Waals surface area contributed by atoms with Gasteiger partial charge in [0, 0.05) is 6.54 Å². The number of nitrogens with zero attached hydrogens (tertiary/aromatic N) is 1. The molecule has 2 aromatic heterocycles. The molecule has 2 heterocycles. The standard InChI is InChI=1S/C19H19NO4/c1-14-9-10-18(24-14)19(22)20(12-15-6-3-2-4-7-15)13-16(21)17-8-5-11-23-17/h2-11,16,21H,12-13H2,1H3/t16-/m0/s1. The van der Waals surface area contributed by atoms with Crippen molar-refractivity contribution in [3.05, 3.63) is 83.7 Å². The number of rotatable bonds is 6. The number of carbonyl (C=O) groups excluding carboxylic acids is 1. The number of hydrogen-bond acceptors (Lipinski definition) is 4. The van der Waals surface area contributed by atoms with Gasteiger partial charge in [0.25, 0.3) is 5.91 Å². The van der Waals surface area contributed by atoms with Crippen LogP contribution in [-0.4, -0.2) is 22.5 Å². The lowest BCUT2D eigenvalue weighted by molar-refractivity contribution is 0.0534. The topological polar surface area (TPSA) is 66.8 Å². The normalized spacial score (nSPS) is 12.1. The fourth-order valence-electron chi connectivity index (χ4n) is 2.51. The third-order valence-electron chi connectivity index (χ3n) is 3.72. The molecule has 0 spiro atoms.